The summed E-state index contributed by atoms with van der Waals surface area (Å²) in [4.78, 5) is 20.4. The Bertz CT molecular complexity index is 882. The highest BCUT2D eigenvalue weighted by molar-refractivity contribution is 5.59. The maximum absolute atomic E-state index is 11.5. The van der Waals surface area contributed by atoms with Crippen LogP contribution < -0.4 is 0 Å². The minimum Gasteiger partial charge on any atom is -0.507 e. The molecule has 2 aromatic rings. The topological polar surface area (TPSA) is 125 Å². The lowest BCUT2D eigenvalue weighted by Crippen LogP contribution is -1.98. The third-order valence-electron chi connectivity index (χ3n) is 4.49. The van der Waals surface area contributed by atoms with Crippen LogP contribution in [0.25, 0.3) is 0 Å². The molecule has 32 heavy (non-hydrogen) atoms. The van der Waals surface area contributed by atoms with Gasteiger partial charge in [-0.15, -0.1) is 10.2 Å². The second-order valence-electron chi connectivity index (χ2n) is 8.24. The van der Waals surface area contributed by atoms with E-state index in [1.165, 1.54) is 0 Å². The predicted molar refractivity (Wildman–Crippen MR) is 118 cm³/mol. The van der Waals surface area contributed by atoms with E-state index in [9.17, 15) is 15.0 Å². The Morgan fingerprint density at radius 2 is 1.12 bits per heavy atom. The van der Waals surface area contributed by atoms with Crippen LogP contribution in [-0.4, -0.2) is 16.4 Å². The van der Waals surface area contributed by atoms with Crippen molar-refractivity contribution < 1.29 is 24.7 Å². The third kappa shape index (κ3) is 7.98. The minimum absolute atomic E-state index is 0.0402. The summed E-state index contributed by atoms with van der Waals surface area (Å²) in [5.41, 5.74) is 2.80. The molecule has 0 fully saturated rings. The molecule has 2 rings (SSSR count). The Hall–Kier alpha value is -3.49. The molecule has 2 N–H and O–H groups in total. The van der Waals surface area contributed by atoms with Crippen LogP contribution in [0.1, 0.15) is 49.9 Å². The van der Waals surface area contributed by atoms with Gasteiger partial charge in [0.25, 0.3) is 0 Å². The van der Waals surface area contributed by atoms with Gasteiger partial charge in [-0.3, -0.25) is 9.68 Å². The highest BCUT2D eigenvalue weighted by Gasteiger charge is 2.10. The van der Waals surface area contributed by atoms with Gasteiger partial charge in [0.05, 0.1) is 13.1 Å². The van der Waals surface area contributed by atoms with Crippen molar-refractivity contribution in [1.82, 2.24) is 0 Å². The smallest absolute Gasteiger partial charge is 0.507 e. The van der Waals surface area contributed by atoms with Crippen LogP contribution in [0.4, 0.5) is 4.79 Å². The van der Waals surface area contributed by atoms with E-state index >= 15 is 0 Å². The molecule has 0 spiro atoms. The molecule has 172 valence electrons. The third-order valence-corrected chi connectivity index (χ3v) is 4.49. The molecular weight excluding hydrogens is 412 g/mol. The first-order valence-corrected chi connectivity index (χ1v) is 10.5. The minimum atomic E-state index is -1.20. The Morgan fingerprint density at radius 3 is 1.50 bits per heavy atom. The first-order valence-electron chi connectivity index (χ1n) is 10.5. The van der Waals surface area contributed by atoms with Gasteiger partial charge in [-0.25, -0.2) is 0 Å². The summed E-state index contributed by atoms with van der Waals surface area (Å²) in [5, 5.41) is 34.6. The molecule has 9 heteroatoms. The highest BCUT2D eigenvalue weighted by atomic mass is 16.9. The molecule has 0 radical (unpaired) electrons. The molecule has 0 saturated carbocycles. The summed E-state index contributed by atoms with van der Waals surface area (Å²) < 4.78 is 0. The normalized spacial score (nSPS) is 11.7. The number of hydrogen-bond donors (Lipinski definition) is 2. The summed E-state index contributed by atoms with van der Waals surface area (Å²) in [7, 11) is 0. The molecule has 0 atom stereocenters. The average molecular weight is 443 g/mol. The molecular formula is C23H30N4O5. The molecule has 9 nitrogen and oxygen atoms in total. The Kier molecular flexibility index (Phi) is 9.59. The fourth-order valence-electron chi connectivity index (χ4n) is 3.10. The van der Waals surface area contributed by atoms with Gasteiger partial charge in [0.15, 0.2) is 0 Å². The van der Waals surface area contributed by atoms with E-state index in [-0.39, 0.29) is 24.6 Å². The zero-order valence-corrected chi connectivity index (χ0v) is 18.9. The number of nitrogens with zero attached hydrogens (tertiary/aromatic N) is 4. The van der Waals surface area contributed by atoms with Gasteiger partial charge in [0, 0.05) is 21.7 Å². The number of carbonyl (C=O) groups is 1. The van der Waals surface area contributed by atoms with E-state index in [0.717, 1.165) is 24.0 Å². The van der Waals surface area contributed by atoms with Gasteiger partial charge in [0.2, 0.25) is 0 Å². The Morgan fingerprint density at radius 1 is 0.750 bits per heavy atom. The molecule has 0 aliphatic heterocycles. The van der Waals surface area contributed by atoms with E-state index in [1.807, 2.05) is 24.3 Å². The van der Waals surface area contributed by atoms with Gasteiger partial charge < -0.3 is 10.2 Å². The number of aromatic hydroxyl groups is 2. The van der Waals surface area contributed by atoms with Crippen molar-refractivity contribution in [2.24, 2.45) is 32.6 Å². The van der Waals surface area contributed by atoms with E-state index in [0.29, 0.717) is 23.0 Å². The Labute approximate surface area is 187 Å². The van der Waals surface area contributed by atoms with Crippen LogP contribution in [0.5, 0.6) is 11.5 Å². The largest absolute Gasteiger partial charge is 0.565 e. The number of phenols is 2. The summed E-state index contributed by atoms with van der Waals surface area (Å²) in [6, 6.07) is 10.8. The van der Waals surface area contributed by atoms with Crippen molar-refractivity contribution in [3.8, 4) is 11.5 Å². The SMILES string of the molecule is CC(C)Cc1cccc(C/N=N/OC(=O)O/N=N/Cc2cccc(CC(C)C)c2O)c1O. The van der Waals surface area contributed by atoms with Crippen molar-refractivity contribution in [3.63, 3.8) is 0 Å². The molecule has 0 amide bonds. The molecule has 0 heterocycles. The number of para-hydroxylation sites is 2. The number of rotatable bonds is 10. The van der Waals surface area contributed by atoms with Gasteiger partial charge in [-0.2, -0.15) is 4.79 Å². The van der Waals surface area contributed by atoms with Gasteiger partial charge in [0.1, 0.15) is 11.5 Å². The van der Waals surface area contributed by atoms with Crippen molar-refractivity contribution >= 4 is 6.16 Å². The number of benzene rings is 2. The number of hydrogen-bond acceptors (Lipinski definition) is 9. The zero-order valence-electron chi connectivity index (χ0n) is 18.9. The van der Waals surface area contributed by atoms with Crippen molar-refractivity contribution in [1.29, 1.82) is 0 Å². The maximum atomic E-state index is 11.5. The standard InChI is InChI=1S/C23H30N4O5/c1-15(2)11-17-7-5-9-19(21(17)28)13-24-26-31-23(30)32-27-25-14-20-10-6-8-18(22(20)29)12-16(3)4/h5-10,15-16,28-29H,11-14H2,1-4H3/b26-24+,27-25+. The van der Waals surface area contributed by atoms with Crippen molar-refractivity contribution in [3.05, 3.63) is 58.7 Å². The molecule has 0 bridgehead atoms. The molecule has 0 unspecified atom stereocenters. The lowest BCUT2D eigenvalue weighted by Gasteiger charge is -2.09. The predicted octanol–water partition coefficient (Wildman–Crippen LogP) is 6.08. The fraction of sp³-hybridized carbons (Fsp3) is 0.435. The first-order chi connectivity index (χ1) is 15.3. The van der Waals surface area contributed by atoms with Crippen molar-refractivity contribution in [2.75, 3.05) is 0 Å². The lowest BCUT2D eigenvalue weighted by atomic mass is 9.99. The highest BCUT2D eigenvalue weighted by Crippen LogP contribution is 2.26. The van der Waals surface area contributed by atoms with Crippen molar-refractivity contribution in [2.45, 2.75) is 53.6 Å². The number of carbonyl (C=O) groups excluding carboxylic acids is 1. The van der Waals surface area contributed by atoms with Crippen LogP contribution >= 0.6 is 0 Å². The molecule has 0 saturated heterocycles. The van der Waals surface area contributed by atoms with E-state index < -0.39 is 6.16 Å². The first kappa shape index (κ1) is 24.8. The number of phenolic OH excluding ortho intramolecular Hbond substituents is 2. The second-order valence-corrected chi connectivity index (χ2v) is 8.24. The van der Waals surface area contributed by atoms with Crippen LogP contribution in [0.3, 0.4) is 0 Å². The Balaban J connectivity index is 1.79. The van der Waals surface area contributed by atoms with E-state index in [1.54, 1.807) is 12.1 Å². The van der Waals surface area contributed by atoms with Crippen LogP contribution in [-0.2, 0) is 35.6 Å². The quantitative estimate of drug-likeness (QED) is 0.340. The summed E-state index contributed by atoms with van der Waals surface area (Å²) in [5.74, 6) is 1.13. The molecule has 2 aromatic carbocycles. The van der Waals surface area contributed by atoms with Crippen LogP contribution in [0, 0.1) is 11.8 Å². The van der Waals surface area contributed by atoms with Gasteiger partial charge in [-0.1, -0.05) is 64.1 Å². The summed E-state index contributed by atoms with van der Waals surface area (Å²) >= 11 is 0. The van der Waals surface area contributed by atoms with E-state index in [2.05, 4.69) is 58.2 Å². The fourth-order valence-corrected chi connectivity index (χ4v) is 3.10. The summed E-state index contributed by atoms with van der Waals surface area (Å²) in [6.45, 7) is 8.34. The monoisotopic (exact) mass is 442 g/mol. The maximum Gasteiger partial charge on any atom is 0.565 e. The average Bonchev–Trinajstić information content (AvgIpc) is 2.73. The summed E-state index contributed by atoms with van der Waals surface area (Å²) in [6.07, 6.45) is 0.280. The van der Waals surface area contributed by atoms with Crippen LogP contribution in [0.15, 0.2) is 57.2 Å². The van der Waals surface area contributed by atoms with Gasteiger partial charge >= 0.3 is 6.16 Å². The second kappa shape index (κ2) is 12.4. The molecule has 0 aliphatic rings. The van der Waals surface area contributed by atoms with Crippen LogP contribution in [0.2, 0.25) is 0 Å². The zero-order chi connectivity index (χ0) is 23.5. The van der Waals surface area contributed by atoms with Gasteiger partial charge in [-0.05, 0) is 35.8 Å². The molecule has 0 aromatic heterocycles. The molecule has 0 aliphatic carbocycles. The van der Waals surface area contributed by atoms with E-state index in [4.69, 9.17) is 0 Å². The lowest BCUT2D eigenvalue weighted by molar-refractivity contribution is 0.0455.